The van der Waals surface area contributed by atoms with Gasteiger partial charge in [0, 0.05) is 17.8 Å². The Hall–Kier alpha value is -2.95. The summed E-state index contributed by atoms with van der Waals surface area (Å²) >= 11 is 0. The number of carbonyl (C=O) groups excluding carboxylic acids is 1. The van der Waals surface area contributed by atoms with Gasteiger partial charge in [-0.1, -0.05) is 24.3 Å². The molecule has 0 saturated carbocycles. The number of methoxy groups -OCH3 is 1. The first-order valence-electron chi connectivity index (χ1n) is 6.90. The third kappa shape index (κ3) is 2.61. The lowest BCUT2D eigenvalue weighted by atomic mass is 10.1. The summed E-state index contributed by atoms with van der Waals surface area (Å²) in [7, 11) is 1.60. The van der Waals surface area contributed by atoms with E-state index in [0.717, 1.165) is 17.0 Å². The molecule has 0 unspecified atom stereocenters. The van der Waals surface area contributed by atoms with Crippen molar-refractivity contribution in [3.8, 4) is 11.5 Å². The molecule has 22 heavy (non-hydrogen) atoms. The minimum Gasteiger partial charge on any atom is -0.506 e. The normalized spacial score (nSPS) is 14.3. The minimum absolute atomic E-state index is 0.0795. The average molecular weight is 296 g/mol. The van der Waals surface area contributed by atoms with Gasteiger partial charge in [0.15, 0.2) is 0 Å². The lowest BCUT2D eigenvalue weighted by Gasteiger charge is -2.28. The molecular formula is C17H16N2O3. The van der Waals surface area contributed by atoms with Crippen LogP contribution in [0.5, 0.6) is 11.5 Å². The van der Waals surface area contributed by atoms with Crippen LogP contribution in [0.1, 0.15) is 5.56 Å². The Bertz CT molecular complexity index is 740. The maximum Gasteiger partial charge on any atom is 0.326 e. The molecule has 0 fully saturated rings. The maximum absolute atomic E-state index is 12.3. The SMILES string of the molecule is COc1cccc(C2=CCN(c3ccccc3O)C(=O)N2)c1. The van der Waals surface area contributed by atoms with Gasteiger partial charge >= 0.3 is 6.03 Å². The molecule has 2 amide bonds. The van der Waals surface area contributed by atoms with Crippen molar-refractivity contribution in [2.75, 3.05) is 18.6 Å². The van der Waals surface area contributed by atoms with Crippen molar-refractivity contribution >= 4 is 17.4 Å². The number of rotatable bonds is 3. The highest BCUT2D eigenvalue weighted by Gasteiger charge is 2.23. The number of nitrogens with one attached hydrogen (secondary N) is 1. The van der Waals surface area contributed by atoms with Crippen molar-refractivity contribution < 1.29 is 14.6 Å². The molecule has 2 aromatic rings. The molecule has 0 radical (unpaired) electrons. The van der Waals surface area contributed by atoms with Crippen molar-refractivity contribution in [3.05, 3.63) is 60.2 Å². The number of nitrogens with zero attached hydrogens (tertiary/aromatic N) is 1. The number of anilines is 1. The lowest BCUT2D eigenvalue weighted by Crippen LogP contribution is -2.43. The molecule has 0 aliphatic carbocycles. The zero-order valence-corrected chi connectivity index (χ0v) is 12.1. The van der Waals surface area contributed by atoms with Crippen molar-refractivity contribution in [1.82, 2.24) is 5.32 Å². The molecule has 112 valence electrons. The van der Waals surface area contributed by atoms with E-state index in [2.05, 4.69) is 5.32 Å². The van der Waals surface area contributed by atoms with Crippen LogP contribution < -0.4 is 15.0 Å². The van der Waals surface area contributed by atoms with E-state index in [9.17, 15) is 9.90 Å². The number of phenolic OH excluding ortho intramolecular Hbond substituents is 1. The highest BCUT2D eigenvalue weighted by atomic mass is 16.5. The van der Waals surface area contributed by atoms with Crippen molar-refractivity contribution in [1.29, 1.82) is 0 Å². The number of urea groups is 1. The molecule has 1 heterocycles. The second kappa shape index (κ2) is 5.81. The number of benzene rings is 2. The van der Waals surface area contributed by atoms with E-state index in [1.807, 2.05) is 30.3 Å². The van der Waals surface area contributed by atoms with Gasteiger partial charge < -0.3 is 15.2 Å². The van der Waals surface area contributed by atoms with E-state index < -0.39 is 0 Å². The molecule has 5 heteroatoms. The largest absolute Gasteiger partial charge is 0.506 e. The molecule has 0 saturated heterocycles. The number of para-hydroxylation sites is 2. The third-order valence-corrected chi connectivity index (χ3v) is 3.52. The van der Waals surface area contributed by atoms with Gasteiger partial charge in [-0.25, -0.2) is 4.79 Å². The van der Waals surface area contributed by atoms with Gasteiger partial charge in [-0.2, -0.15) is 0 Å². The average Bonchev–Trinajstić information content (AvgIpc) is 2.56. The van der Waals surface area contributed by atoms with Crippen LogP contribution in [-0.2, 0) is 0 Å². The molecule has 0 bridgehead atoms. The summed E-state index contributed by atoms with van der Waals surface area (Å²) in [5.41, 5.74) is 2.10. The first-order chi connectivity index (χ1) is 10.7. The molecule has 1 aliphatic rings. The summed E-state index contributed by atoms with van der Waals surface area (Å²) in [6.07, 6.45) is 1.91. The molecule has 2 aromatic carbocycles. The molecule has 5 nitrogen and oxygen atoms in total. The summed E-state index contributed by atoms with van der Waals surface area (Å²) in [5, 5.41) is 12.7. The number of aromatic hydroxyl groups is 1. The van der Waals surface area contributed by atoms with Gasteiger partial charge in [0.05, 0.1) is 12.8 Å². The van der Waals surface area contributed by atoms with Gasteiger partial charge in [-0.15, -0.1) is 0 Å². The zero-order chi connectivity index (χ0) is 15.5. The first kappa shape index (κ1) is 14.0. The van der Waals surface area contributed by atoms with Crippen molar-refractivity contribution in [2.24, 2.45) is 0 Å². The Morgan fingerprint density at radius 2 is 2.00 bits per heavy atom. The number of ether oxygens (including phenoxy) is 1. The van der Waals surface area contributed by atoms with E-state index in [1.165, 1.54) is 4.90 Å². The smallest absolute Gasteiger partial charge is 0.326 e. The highest BCUT2D eigenvalue weighted by molar-refractivity contribution is 6.00. The van der Waals surface area contributed by atoms with Crippen molar-refractivity contribution in [3.63, 3.8) is 0 Å². The van der Waals surface area contributed by atoms with Gasteiger partial charge in [0.1, 0.15) is 11.5 Å². The van der Waals surface area contributed by atoms with E-state index in [1.54, 1.807) is 31.4 Å². The second-order valence-electron chi connectivity index (χ2n) is 4.88. The molecule has 0 atom stereocenters. The summed E-state index contributed by atoms with van der Waals surface area (Å²) in [5.74, 6) is 0.812. The third-order valence-electron chi connectivity index (χ3n) is 3.52. The number of hydrogen-bond acceptors (Lipinski definition) is 3. The van der Waals surface area contributed by atoms with Crippen LogP contribution in [-0.4, -0.2) is 24.8 Å². The van der Waals surface area contributed by atoms with Crippen LogP contribution in [0.4, 0.5) is 10.5 Å². The number of hydrogen-bond donors (Lipinski definition) is 2. The van der Waals surface area contributed by atoms with Crippen LogP contribution in [0.3, 0.4) is 0 Å². The fourth-order valence-electron chi connectivity index (χ4n) is 2.38. The Kier molecular flexibility index (Phi) is 3.70. The molecule has 0 aromatic heterocycles. The van der Waals surface area contributed by atoms with E-state index >= 15 is 0 Å². The van der Waals surface area contributed by atoms with Crippen LogP contribution in [0.25, 0.3) is 5.70 Å². The second-order valence-corrected chi connectivity index (χ2v) is 4.88. The maximum atomic E-state index is 12.3. The quantitative estimate of drug-likeness (QED) is 0.915. The predicted molar refractivity (Wildman–Crippen MR) is 85.0 cm³/mol. The van der Waals surface area contributed by atoms with Gasteiger partial charge in [-0.05, 0) is 30.3 Å². The molecule has 2 N–H and O–H groups in total. The summed E-state index contributed by atoms with van der Waals surface area (Å²) in [6.45, 7) is 0.385. The molecule has 0 spiro atoms. The molecule has 1 aliphatic heterocycles. The Balaban J connectivity index is 1.87. The fraction of sp³-hybridized carbons (Fsp3) is 0.118. The topological polar surface area (TPSA) is 61.8 Å². The number of amides is 2. The Morgan fingerprint density at radius 1 is 1.18 bits per heavy atom. The standard InChI is InChI=1S/C17H16N2O3/c1-22-13-6-4-5-12(11-13)14-9-10-19(17(21)18-14)15-7-2-3-8-16(15)20/h2-9,11,20H,10H2,1H3,(H,18,21). The summed E-state index contributed by atoms with van der Waals surface area (Å²) in [6, 6.07) is 14.0. The zero-order valence-electron chi connectivity index (χ0n) is 12.1. The summed E-state index contributed by atoms with van der Waals surface area (Å²) in [4.78, 5) is 13.8. The van der Waals surface area contributed by atoms with Gasteiger partial charge in [-0.3, -0.25) is 4.90 Å². The van der Waals surface area contributed by atoms with Gasteiger partial charge in [0.2, 0.25) is 0 Å². The summed E-state index contributed by atoms with van der Waals surface area (Å²) < 4.78 is 5.20. The minimum atomic E-state index is -0.276. The fourth-order valence-corrected chi connectivity index (χ4v) is 2.38. The van der Waals surface area contributed by atoms with Crippen LogP contribution >= 0.6 is 0 Å². The van der Waals surface area contributed by atoms with Crippen LogP contribution in [0, 0.1) is 0 Å². The lowest BCUT2D eigenvalue weighted by molar-refractivity contribution is 0.249. The van der Waals surface area contributed by atoms with Crippen molar-refractivity contribution in [2.45, 2.75) is 0 Å². The number of phenols is 1. The van der Waals surface area contributed by atoms with Crippen LogP contribution in [0.2, 0.25) is 0 Å². The number of carbonyl (C=O) groups is 1. The van der Waals surface area contributed by atoms with E-state index in [-0.39, 0.29) is 11.8 Å². The van der Waals surface area contributed by atoms with E-state index in [4.69, 9.17) is 4.74 Å². The first-order valence-corrected chi connectivity index (χ1v) is 6.90. The highest BCUT2D eigenvalue weighted by Crippen LogP contribution is 2.29. The predicted octanol–water partition coefficient (Wildman–Crippen LogP) is 2.97. The molecule has 3 rings (SSSR count). The monoisotopic (exact) mass is 296 g/mol. The Morgan fingerprint density at radius 3 is 2.73 bits per heavy atom. The Labute approximate surface area is 128 Å². The van der Waals surface area contributed by atoms with Crippen LogP contribution in [0.15, 0.2) is 54.6 Å². The molecular weight excluding hydrogens is 280 g/mol. The van der Waals surface area contributed by atoms with E-state index in [0.29, 0.717) is 12.2 Å². The van der Waals surface area contributed by atoms with Gasteiger partial charge in [0.25, 0.3) is 0 Å².